The third-order valence-electron chi connectivity index (χ3n) is 6.49. The highest BCUT2D eigenvalue weighted by Gasteiger charge is 2.66. The molecule has 1 aromatic carbocycles. The van der Waals surface area contributed by atoms with E-state index in [0.29, 0.717) is 13.0 Å². The first-order valence-corrected chi connectivity index (χ1v) is 12.7. The molecule has 1 saturated heterocycles. The molecule has 3 amide bonds. The van der Waals surface area contributed by atoms with Crippen LogP contribution in [0.4, 0.5) is 5.69 Å². The number of anilines is 1. The molecule has 0 spiro atoms. The summed E-state index contributed by atoms with van der Waals surface area (Å²) in [6.07, 6.45) is 3.69. The maximum Gasteiger partial charge on any atom is 0.233 e. The maximum absolute atomic E-state index is 12.8. The predicted octanol–water partition coefficient (Wildman–Crippen LogP) is 4.73. The SMILES string of the molecule is O=C(CCCCCN1C(=O)[C@@H]2[C@H]3C[C@@H]([C@@H](Br)[C@H]3Br)[C@H]2C1=O)Nc1ccc(Br)cc1. The molecule has 2 bridgehead atoms. The normalized spacial score (nSPS) is 32.7. The first-order valence-electron chi connectivity index (χ1n) is 10.1. The van der Waals surface area contributed by atoms with Gasteiger partial charge in [-0.2, -0.15) is 0 Å². The first-order chi connectivity index (χ1) is 13.9. The van der Waals surface area contributed by atoms with E-state index in [4.69, 9.17) is 0 Å². The lowest BCUT2D eigenvalue weighted by atomic mass is 9.81. The van der Waals surface area contributed by atoms with E-state index in [9.17, 15) is 14.4 Å². The quantitative estimate of drug-likeness (QED) is 0.284. The van der Waals surface area contributed by atoms with Crippen molar-refractivity contribution in [1.82, 2.24) is 4.90 Å². The van der Waals surface area contributed by atoms with Crippen molar-refractivity contribution in [1.29, 1.82) is 0 Å². The summed E-state index contributed by atoms with van der Waals surface area (Å²) < 4.78 is 0.969. The number of fused-ring (bicyclic) bond motifs is 5. The third kappa shape index (κ3) is 4.09. The first kappa shape index (κ1) is 21.5. The van der Waals surface area contributed by atoms with Crippen LogP contribution in [0, 0.1) is 23.7 Å². The maximum atomic E-state index is 12.8. The average molecular weight is 591 g/mol. The number of unbranched alkanes of at least 4 members (excludes halogenated alkanes) is 2. The second-order valence-electron chi connectivity index (χ2n) is 8.20. The van der Waals surface area contributed by atoms with Crippen LogP contribution in [0.15, 0.2) is 28.7 Å². The molecule has 8 heteroatoms. The van der Waals surface area contributed by atoms with Crippen LogP contribution in [0.3, 0.4) is 0 Å². The Hall–Kier alpha value is -0.730. The molecular weight excluding hydrogens is 568 g/mol. The van der Waals surface area contributed by atoms with Crippen molar-refractivity contribution in [2.24, 2.45) is 23.7 Å². The van der Waals surface area contributed by atoms with Crippen molar-refractivity contribution >= 4 is 71.2 Å². The van der Waals surface area contributed by atoms with E-state index in [1.165, 1.54) is 4.90 Å². The Morgan fingerprint density at radius 3 is 2.14 bits per heavy atom. The zero-order valence-electron chi connectivity index (χ0n) is 15.8. The van der Waals surface area contributed by atoms with E-state index in [1.807, 2.05) is 24.3 Å². The van der Waals surface area contributed by atoms with E-state index < -0.39 is 0 Å². The molecule has 0 radical (unpaired) electrons. The smallest absolute Gasteiger partial charge is 0.233 e. The van der Waals surface area contributed by atoms with Gasteiger partial charge in [0.05, 0.1) is 11.8 Å². The molecule has 6 atom stereocenters. The van der Waals surface area contributed by atoms with Gasteiger partial charge in [-0.1, -0.05) is 54.2 Å². The topological polar surface area (TPSA) is 66.5 Å². The summed E-state index contributed by atoms with van der Waals surface area (Å²) in [5.74, 6) is 0.271. The Bertz CT molecular complexity index is 784. The number of hydrogen-bond acceptors (Lipinski definition) is 3. The van der Waals surface area contributed by atoms with Crippen LogP contribution in [-0.4, -0.2) is 38.8 Å². The van der Waals surface area contributed by atoms with Gasteiger partial charge in [-0.3, -0.25) is 19.3 Å². The molecule has 29 heavy (non-hydrogen) atoms. The molecule has 0 aromatic heterocycles. The fraction of sp³-hybridized carbons (Fsp3) is 0.571. The van der Waals surface area contributed by atoms with Crippen LogP contribution in [-0.2, 0) is 14.4 Å². The fourth-order valence-electron chi connectivity index (χ4n) is 5.12. The number of rotatable bonds is 7. The molecule has 1 aromatic rings. The minimum atomic E-state index is -0.137. The van der Waals surface area contributed by atoms with Crippen molar-refractivity contribution < 1.29 is 14.4 Å². The van der Waals surface area contributed by atoms with Gasteiger partial charge < -0.3 is 5.32 Å². The Morgan fingerprint density at radius 1 is 0.966 bits per heavy atom. The Labute approximate surface area is 195 Å². The molecule has 1 N–H and O–H groups in total. The van der Waals surface area contributed by atoms with Gasteiger partial charge in [-0.25, -0.2) is 0 Å². The second-order valence-corrected chi connectivity index (χ2v) is 11.2. The number of carbonyl (C=O) groups is 3. The van der Waals surface area contributed by atoms with Gasteiger partial charge in [0, 0.05) is 32.8 Å². The van der Waals surface area contributed by atoms with Crippen molar-refractivity contribution in [3.05, 3.63) is 28.7 Å². The van der Waals surface area contributed by atoms with E-state index in [2.05, 4.69) is 53.1 Å². The Balaban J connectivity index is 1.20. The summed E-state index contributed by atoms with van der Waals surface area (Å²) in [6, 6.07) is 7.48. The number of nitrogens with one attached hydrogen (secondary N) is 1. The summed E-state index contributed by atoms with van der Waals surface area (Å²) in [6.45, 7) is 0.471. The lowest BCUT2D eigenvalue weighted by Crippen LogP contribution is -2.37. The number of likely N-dealkylation sites (tertiary alicyclic amines) is 1. The van der Waals surface area contributed by atoms with Crippen LogP contribution in [0.2, 0.25) is 0 Å². The van der Waals surface area contributed by atoms with E-state index in [0.717, 1.165) is 35.8 Å². The van der Waals surface area contributed by atoms with Gasteiger partial charge in [-0.15, -0.1) is 0 Å². The summed E-state index contributed by atoms with van der Waals surface area (Å²) >= 11 is 10.8. The van der Waals surface area contributed by atoms with Crippen LogP contribution >= 0.6 is 47.8 Å². The van der Waals surface area contributed by atoms with E-state index in [-0.39, 0.29) is 51.0 Å². The number of carbonyl (C=O) groups excluding carboxylic acids is 3. The van der Waals surface area contributed by atoms with Gasteiger partial charge in [0.1, 0.15) is 0 Å². The van der Waals surface area contributed by atoms with Gasteiger partial charge in [-0.05, 0) is 55.4 Å². The molecule has 2 aliphatic carbocycles. The lowest BCUT2D eigenvalue weighted by Gasteiger charge is -2.28. The van der Waals surface area contributed by atoms with Gasteiger partial charge in [0.15, 0.2) is 0 Å². The molecule has 2 saturated carbocycles. The lowest BCUT2D eigenvalue weighted by molar-refractivity contribution is -0.140. The summed E-state index contributed by atoms with van der Waals surface area (Å²) in [5.41, 5.74) is 0.780. The van der Waals surface area contributed by atoms with Crippen molar-refractivity contribution in [3.8, 4) is 0 Å². The second kappa shape index (κ2) is 8.79. The summed E-state index contributed by atoms with van der Waals surface area (Å²) in [5, 5.41) is 2.88. The van der Waals surface area contributed by atoms with Crippen molar-refractivity contribution in [3.63, 3.8) is 0 Å². The molecule has 1 aliphatic heterocycles. The number of alkyl halides is 2. The monoisotopic (exact) mass is 588 g/mol. The number of hydrogen-bond donors (Lipinski definition) is 1. The van der Waals surface area contributed by atoms with Crippen LogP contribution in [0.1, 0.15) is 32.1 Å². The molecule has 156 valence electrons. The fourth-order valence-corrected chi connectivity index (χ4v) is 7.26. The largest absolute Gasteiger partial charge is 0.326 e. The average Bonchev–Trinajstić information content (AvgIpc) is 3.29. The standard InChI is InChI=1S/C21H23Br3N2O3/c22-11-5-7-12(8-6-11)25-15(27)4-2-1-3-9-26-20(28)16-13-10-14(17(16)21(26)29)19(24)18(13)23/h5-8,13-14,16-19H,1-4,9-10H2,(H,25,27)/t13-,14-,16-,17-,18-,19+/m1/s1. The third-order valence-corrected chi connectivity index (χ3v) is 10.2. The zero-order chi connectivity index (χ0) is 20.7. The molecule has 3 fully saturated rings. The summed E-state index contributed by atoms with van der Waals surface area (Å²) in [7, 11) is 0. The minimum absolute atomic E-state index is 0.0153. The highest BCUT2D eigenvalue weighted by molar-refractivity contribution is 9.12. The number of halogens is 3. The van der Waals surface area contributed by atoms with Crippen LogP contribution in [0.25, 0.3) is 0 Å². The molecule has 0 unspecified atom stereocenters. The molecule has 3 aliphatic rings. The van der Waals surface area contributed by atoms with E-state index in [1.54, 1.807) is 0 Å². The van der Waals surface area contributed by atoms with Gasteiger partial charge in [0.2, 0.25) is 17.7 Å². The molecule has 4 rings (SSSR count). The predicted molar refractivity (Wildman–Crippen MR) is 122 cm³/mol. The van der Waals surface area contributed by atoms with Crippen LogP contribution < -0.4 is 5.32 Å². The van der Waals surface area contributed by atoms with E-state index >= 15 is 0 Å². The highest BCUT2D eigenvalue weighted by Crippen LogP contribution is 2.60. The van der Waals surface area contributed by atoms with Crippen LogP contribution in [0.5, 0.6) is 0 Å². The zero-order valence-corrected chi connectivity index (χ0v) is 20.6. The number of amides is 3. The highest BCUT2D eigenvalue weighted by atomic mass is 79.9. The van der Waals surface area contributed by atoms with Crippen molar-refractivity contribution in [2.75, 3.05) is 11.9 Å². The van der Waals surface area contributed by atoms with Crippen molar-refractivity contribution in [2.45, 2.75) is 41.8 Å². The number of imide groups is 1. The minimum Gasteiger partial charge on any atom is -0.326 e. The Kier molecular flexibility index (Phi) is 6.52. The Morgan fingerprint density at radius 2 is 1.55 bits per heavy atom. The van der Waals surface area contributed by atoms with Gasteiger partial charge in [0.25, 0.3) is 0 Å². The number of benzene rings is 1. The molecule has 5 nitrogen and oxygen atoms in total. The summed E-state index contributed by atoms with van der Waals surface area (Å²) in [4.78, 5) is 39.8. The number of nitrogens with zero attached hydrogens (tertiary/aromatic N) is 1. The molecular formula is C21H23Br3N2O3. The molecule has 1 heterocycles. The van der Waals surface area contributed by atoms with Gasteiger partial charge >= 0.3 is 0 Å².